The summed E-state index contributed by atoms with van der Waals surface area (Å²) in [5.41, 5.74) is 4.81. The number of ketones is 1. The summed E-state index contributed by atoms with van der Waals surface area (Å²) in [6.45, 7) is 6.57. The van der Waals surface area contributed by atoms with Gasteiger partial charge in [-0.05, 0) is 45.9 Å². The molecule has 0 fully saturated rings. The SMILES string of the molecule is CC1=C(C(N)=O)N(c2ccc(F)c(Cl)c2)C(C(=O)C(=O)NC(C)(C)C)O1. The lowest BCUT2D eigenvalue weighted by Gasteiger charge is -2.27. The highest BCUT2D eigenvalue weighted by molar-refractivity contribution is 6.39. The molecule has 26 heavy (non-hydrogen) atoms. The van der Waals surface area contributed by atoms with E-state index < -0.39 is 35.2 Å². The van der Waals surface area contributed by atoms with Crippen LogP contribution in [0.15, 0.2) is 29.7 Å². The Kier molecular flexibility index (Phi) is 5.27. The van der Waals surface area contributed by atoms with Gasteiger partial charge in [-0.3, -0.25) is 19.3 Å². The van der Waals surface area contributed by atoms with E-state index in [0.717, 1.165) is 11.0 Å². The maximum atomic E-state index is 13.5. The number of rotatable bonds is 4. The standard InChI is InChI=1S/C17H19ClFN3O4/c1-8-12(14(20)24)22(9-5-6-11(19)10(18)7-9)16(26-8)13(23)15(25)21-17(2,3)4/h5-7,16H,1-4H3,(H2,20,24)(H,21,25). The molecular formula is C17H19ClFN3O4. The van der Waals surface area contributed by atoms with E-state index >= 15 is 0 Å². The lowest BCUT2D eigenvalue weighted by atomic mass is 10.1. The van der Waals surface area contributed by atoms with Gasteiger partial charge < -0.3 is 15.8 Å². The number of allylic oxidation sites excluding steroid dienone is 1. The first kappa shape index (κ1) is 19.7. The van der Waals surface area contributed by atoms with Crippen molar-refractivity contribution in [2.45, 2.75) is 39.5 Å². The molecule has 1 unspecified atom stereocenters. The van der Waals surface area contributed by atoms with Gasteiger partial charge in [0.15, 0.2) is 0 Å². The minimum absolute atomic E-state index is 0.0693. The summed E-state index contributed by atoms with van der Waals surface area (Å²) in [5, 5.41) is 2.31. The molecule has 0 bridgehead atoms. The fourth-order valence-electron chi connectivity index (χ4n) is 2.44. The van der Waals surface area contributed by atoms with Crippen LogP contribution in [0.4, 0.5) is 10.1 Å². The van der Waals surface area contributed by atoms with Crippen molar-refractivity contribution in [2.24, 2.45) is 5.73 Å². The predicted molar refractivity (Wildman–Crippen MR) is 93.6 cm³/mol. The van der Waals surface area contributed by atoms with E-state index in [2.05, 4.69) is 5.32 Å². The lowest BCUT2D eigenvalue weighted by Crippen LogP contribution is -2.51. The van der Waals surface area contributed by atoms with Crippen LogP contribution >= 0.6 is 11.6 Å². The van der Waals surface area contributed by atoms with Crippen molar-refractivity contribution in [2.75, 3.05) is 4.90 Å². The monoisotopic (exact) mass is 383 g/mol. The van der Waals surface area contributed by atoms with E-state index in [9.17, 15) is 18.8 Å². The topological polar surface area (TPSA) is 102 Å². The Morgan fingerprint density at radius 1 is 1.31 bits per heavy atom. The van der Waals surface area contributed by atoms with Crippen LogP contribution in [0.2, 0.25) is 5.02 Å². The van der Waals surface area contributed by atoms with E-state index in [1.165, 1.54) is 19.1 Å². The van der Waals surface area contributed by atoms with Crippen molar-refractivity contribution in [3.63, 3.8) is 0 Å². The number of ether oxygens (including phenoxy) is 1. The Hall–Kier alpha value is -2.61. The first-order valence-corrected chi connectivity index (χ1v) is 8.08. The van der Waals surface area contributed by atoms with Crippen LogP contribution in [-0.4, -0.2) is 29.4 Å². The molecule has 7 nitrogen and oxygen atoms in total. The Balaban J connectivity index is 2.46. The van der Waals surface area contributed by atoms with Gasteiger partial charge >= 0.3 is 0 Å². The number of carbonyl (C=O) groups is 3. The highest BCUT2D eigenvalue weighted by Gasteiger charge is 2.43. The van der Waals surface area contributed by atoms with Gasteiger partial charge in [0.05, 0.1) is 5.02 Å². The Morgan fingerprint density at radius 3 is 2.42 bits per heavy atom. The predicted octanol–water partition coefficient (Wildman–Crippen LogP) is 1.84. The summed E-state index contributed by atoms with van der Waals surface area (Å²) in [7, 11) is 0. The number of halogens is 2. The zero-order chi connectivity index (χ0) is 19.8. The molecule has 1 aromatic rings. The molecule has 0 aromatic heterocycles. The van der Waals surface area contributed by atoms with Crippen LogP contribution in [-0.2, 0) is 19.1 Å². The summed E-state index contributed by atoms with van der Waals surface area (Å²) in [6, 6.07) is 3.58. The van der Waals surface area contributed by atoms with Gasteiger partial charge in [-0.25, -0.2) is 4.39 Å². The first-order chi connectivity index (χ1) is 11.9. The highest BCUT2D eigenvalue weighted by atomic mass is 35.5. The average Bonchev–Trinajstić information content (AvgIpc) is 2.85. The minimum Gasteiger partial charge on any atom is -0.464 e. The largest absolute Gasteiger partial charge is 0.464 e. The van der Waals surface area contributed by atoms with Gasteiger partial charge in [0, 0.05) is 11.2 Å². The van der Waals surface area contributed by atoms with Gasteiger partial charge in [0.25, 0.3) is 17.6 Å². The van der Waals surface area contributed by atoms with Crippen LogP contribution in [0.5, 0.6) is 0 Å². The molecule has 1 heterocycles. The van der Waals surface area contributed by atoms with E-state index in [-0.39, 0.29) is 22.2 Å². The third kappa shape index (κ3) is 3.96. The van der Waals surface area contributed by atoms with Crippen molar-refractivity contribution in [1.82, 2.24) is 5.32 Å². The summed E-state index contributed by atoms with van der Waals surface area (Å²) in [6.07, 6.45) is -1.46. The molecule has 9 heteroatoms. The van der Waals surface area contributed by atoms with Crippen molar-refractivity contribution in [3.8, 4) is 0 Å². The lowest BCUT2D eigenvalue weighted by molar-refractivity contribution is -0.143. The summed E-state index contributed by atoms with van der Waals surface area (Å²) >= 11 is 5.79. The van der Waals surface area contributed by atoms with Gasteiger partial charge in [0.2, 0.25) is 6.23 Å². The number of Topliss-reactive ketones (excluding diaryl/α,β-unsaturated/α-hetero) is 1. The van der Waals surface area contributed by atoms with E-state index in [4.69, 9.17) is 22.1 Å². The Morgan fingerprint density at radius 2 is 1.92 bits per heavy atom. The number of hydrogen-bond acceptors (Lipinski definition) is 5. The highest BCUT2D eigenvalue weighted by Crippen LogP contribution is 2.34. The molecule has 2 rings (SSSR count). The smallest absolute Gasteiger partial charge is 0.293 e. The quantitative estimate of drug-likeness (QED) is 0.772. The molecule has 0 saturated heterocycles. The zero-order valence-electron chi connectivity index (χ0n) is 14.7. The number of carbonyl (C=O) groups excluding carboxylic acids is 3. The Labute approximate surface area is 154 Å². The number of nitrogens with two attached hydrogens (primary N) is 1. The molecule has 1 aromatic carbocycles. The number of anilines is 1. The maximum absolute atomic E-state index is 13.5. The van der Waals surface area contributed by atoms with Gasteiger partial charge in [0.1, 0.15) is 17.3 Å². The second-order valence-corrected chi connectivity index (χ2v) is 7.18. The molecule has 1 aliphatic heterocycles. The van der Waals surface area contributed by atoms with Crippen LogP contribution in [0.25, 0.3) is 0 Å². The number of nitrogens with zero attached hydrogens (tertiary/aromatic N) is 1. The second-order valence-electron chi connectivity index (χ2n) is 6.78. The number of benzene rings is 1. The minimum atomic E-state index is -1.46. The van der Waals surface area contributed by atoms with E-state index in [1.807, 2.05) is 0 Å². The summed E-state index contributed by atoms with van der Waals surface area (Å²) in [4.78, 5) is 37.8. The fraction of sp³-hybridized carbons (Fsp3) is 0.353. The maximum Gasteiger partial charge on any atom is 0.293 e. The molecule has 0 saturated carbocycles. The molecular weight excluding hydrogens is 365 g/mol. The van der Waals surface area contributed by atoms with Crippen molar-refractivity contribution < 1.29 is 23.5 Å². The van der Waals surface area contributed by atoms with Crippen LogP contribution in [0.3, 0.4) is 0 Å². The van der Waals surface area contributed by atoms with Crippen LogP contribution in [0, 0.1) is 5.82 Å². The van der Waals surface area contributed by atoms with E-state index in [0.29, 0.717) is 0 Å². The number of nitrogens with one attached hydrogen (secondary N) is 1. The number of hydrogen-bond donors (Lipinski definition) is 2. The average molecular weight is 384 g/mol. The van der Waals surface area contributed by atoms with Crippen molar-refractivity contribution >= 4 is 34.9 Å². The third-order valence-electron chi connectivity index (χ3n) is 3.45. The number of amides is 2. The summed E-state index contributed by atoms with van der Waals surface area (Å²) in [5.74, 6) is -3.30. The normalized spacial score (nSPS) is 17.2. The van der Waals surface area contributed by atoms with Gasteiger partial charge in [-0.15, -0.1) is 0 Å². The fourth-order valence-corrected chi connectivity index (χ4v) is 2.61. The molecule has 3 N–H and O–H groups in total. The molecule has 0 radical (unpaired) electrons. The molecule has 1 aliphatic rings. The molecule has 140 valence electrons. The molecule has 0 aliphatic carbocycles. The van der Waals surface area contributed by atoms with Crippen LogP contribution < -0.4 is 16.0 Å². The first-order valence-electron chi connectivity index (χ1n) is 7.70. The zero-order valence-corrected chi connectivity index (χ0v) is 15.5. The van der Waals surface area contributed by atoms with Gasteiger partial charge in [-0.2, -0.15) is 0 Å². The van der Waals surface area contributed by atoms with Crippen molar-refractivity contribution in [1.29, 1.82) is 0 Å². The molecule has 2 amide bonds. The van der Waals surface area contributed by atoms with Gasteiger partial charge in [-0.1, -0.05) is 11.6 Å². The van der Waals surface area contributed by atoms with Crippen LogP contribution in [0.1, 0.15) is 27.7 Å². The van der Waals surface area contributed by atoms with Crippen molar-refractivity contribution in [3.05, 3.63) is 40.5 Å². The summed E-state index contributed by atoms with van der Waals surface area (Å²) < 4.78 is 18.9. The number of primary amides is 1. The Bertz CT molecular complexity index is 817. The van der Waals surface area contributed by atoms with E-state index in [1.54, 1.807) is 20.8 Å². The second kappa shape index (κ2) is 6.95. The third-order valence-corrected chi connectivity index (χ3v) is 3.74. The molecule has 1 atom stereocenters. The molecule has 0 spiro atoms.